The average Bonchev–Trinajstić information content (AvgIpc) is 1.87. The molecule has 1 N–H and O–H groups in total. The van der Waals surface area contributed by atoms with E-state index >= 15 is 0 Å². The minimum absolute atomic E-state index is 0.306. The van der Waals surface area contributed by atoms with E-state index in [-0.39, 0.29) is 0 Å². The molecule has 0 saturated carbocycles. The average molecular weight is 142 g/mol. The molecule has 0 amide bonds. The lowest BCUT2D eigenvalue weighted by molar-refractivity contribution is 0.310. The molecule has 2 heteroatoms. The zero-order valence-corrected chi connectivity index (χ0v) is 7.44. The van der Waals surface area contributed by atoms with Gasteiger partial charge in [-0.3, -0.25) is 4.90 Å². The molecule has 0 aliphatic heterocycles. The Labute approximate surface area is 63.7 Å². The fraction of sp³-hybridized carbons (Fsp3) is 0.875. The molecule has 0 aromatic rings. The van der Waals surface area contributed by atoms with Crippen molar-refractivity contribution >= 4 is 5.71 Å². The number of rotatable bonds is 4. The normalized spacial score (nSPS) is 13.7. The van der Waals surface area contributed by atoms with Gasteiger partial charge in [0, 0.05) is 11.8 Å². The van der Waals surface area contributed by atoms with Gasteiger partial charge in [0.2, 0.25) is 0 Å². The van der Waals surface area contributed by atoms with Gasteiger partial charge in [-0.05, 0) is 33.9 Å². The first-order chi connectivity index (χ1) is 4.59. The van der Waals surface area contributed by atoms with Crippen LogP contribution in [0, 0.1) is 5.41 Å². The van der Waals surface area contributed by atoms with Gasteiger partial charge in [-0.25, -0.2) is 0 Å². The van der Waals surface area contributed by atoms with Crippen molar-refractivity contribution < 1.29 is 0 Å². The number of hydrogen-bond donors (Lipinski definition) is 1. The smallest absolute Gasteiger partial charge is 0.0440 e. The molecule has 0 heterocycles. The predicted molar refractivity (Wildman–Crippen MR) is 45.8 cm³/mol. The van der Waals surface area contributed by atoms with Gasteiger partial charge in [-0.1, -0.05) is 6.92 Å². The zero-order chi connectivity index (χ0) is 8.15. The molecular weight excluding hydrogens is 124 g/mol. The molecule has 0 saturated heterocycles. The Hall–Kier alpha value is -0.370. The van der Waals surface area contributed by atoms with E-state index in [1.54, 1.807) is 0 Å². The van der Waals surface area contributed by atoms with Gasteiger partial charge < -0.3 is 5.41 Å². The summed E-state index contributed by atoms with van der Waals surface area (Å²) in [7, 11) is 2.06. The summed E-state index contributed by atoms with van der Waals surface area (Å²) in [5, 5.41) is 7.37. The van der Waals surface area contributed by atoms with E-state index < -0.39 is 0 Å². The Morgan fingerprint density at radius 3 is 2.40 bits per heavy atom. The van der Waals surface area contributed by atoms with E-state index in [9.17, 15) is 0 Å². The lowest BCUT2D eigenvalue weighted by atomic mass is 10.2. The van der Waals surface area contributed by atoms with Crippen LogP contribution in [0.5, 0.6) is 0 Å². The highest BCUT2D eigenvalue weighted by molar-refractivity contribution is 5.83. The molecule has 60 valence electrons. The first kappa shape index (κ1) is 9.63. The van der Waals surface area contributed by atoms with E-state index in [0.29, 0.717) is 6.04 Å². The lowest BCUT2D eigenvalue weighted by Crippen LogP contribution is -2.34. The molecule has 2 nitrogen and oxygen atoms in total. The van der Waals surface area contributed by atoms with Gasteiger partial charge in [0.25, 0.3) is 0 Å². The molecule has 0 rings (SSSR count). The van der Waals surface area contributed by atoms with Crippen LogP contribution < -0.4 is 0 Å². The Morgan fingerprint density at radius 2 is 2.10 bits per heavy atom. The molecule has 0 aliphatic rings. The molecular formula is C8H18N2. The lowest BCUT2D eigenvalue weighted by Gasteiger charge is -2.22. The molecule has 0 aromatic carbocycles. The van der Waals surface area contributed by atoms with E-state index in [1.807, 2.05) is 6.92 Å². The van der Waals surface area contributed by atoms with Crippen LogP contribution in [0.4, 0.5) is 0 Å². The van der Waals surface area contributed by atoms with Crippen LogP contribution in [-0.2, 0) is 0 Å². The molecule has 0 fully saturated rings. The summed E-state index contributed by atoms with van der Waals surface area (Å²) in [6, 6.07) is 0.306. The molecule has 0 aromatic heterocycles. The van der Waals surface area contributed by atoms with Crippen molar-refractivity contribution in [2.75, 3.05) is 13.6 Å². The summed E-state index contributed by atoms with van der Waals surface area (Å²) in [4.78, 5) is 2.20. The molecule has 0 bridgehead atoms. The van der Waals surface area contributed by atoms with E-state index in [1.165, 1.54) is 0 Å². The van der Waals surface area contributed by atoms with Crippen LogP contribution in [0.3, 0.4) is 0 Å². The van der Waals surface area contributed by atoms with Gasteiger partial charge >= 0.3 is 0 Å². The number of nitrogens with one attached hydrogen (secondary N) is 1. The summed E-state index contributed by atoms with van der Waals surface area (Å²) in [6.07, 6.45) is 1.16. The van der Waals surface area contributed by atoms with E-state index in [4.69, 9.17) is 5.41 Å². The zero-order valence-electron chi connectivity index (χ0n) is 7.44. The second kappa shape index (κ2) is 4.45. The number of nitrogens with zero attached hydrogens (tertiary/aromatic N) is 1. The van der Waals surface area contributed by atoms with E-state index in [2.05, 4.69) is 25.8 Å². The number of hydrogen-bond acceptors (Lipinski definition) is 2. The molecule has 0 spiro atoms. The monoisotopic (exact) mass is 142 g/mol. The topological polar surface area (TPSA) is 27.1 Å². The van der Waals surface area contributed by atoms with E-state index in [0.717, 1.165) is 18.7 Å². The largest absolute Gasteiger partial charge is 0.308 e. The highest BCUT2D eigenvalue weighted by atomic mass is 15.1. The molecule has 0 radical (unpaired) electrons. The first-order valence-electron chi connectivity index (χ1n) is 3.84. The van der Waals surface area contributed by atoms with Crippen molar-refractivity contribution in [3.8, 4) is 0 Å². The van der Waals surface area contributed by atoms with Gasteiger partial charge in [0.1, 0.15) is 0 Å². The van der Waals surface area contributed by atoms with Crippen molar-refractivity contribution in [2.45, 2.75) is 33.2 Å². The fourth-order valence-corrected chi connectivity index (χ4v) is 0.877. The first-order valence-corrected chi connectivity index (χ1v) is 3.84. The van der Waals surface area contributed by atoms with Crippen molar-refractivity contribution in [1.29, 1.82) is 5.41 Å². The Morgan fingerprint density at radius 1 is 1.60 bits per heavy atom. The van der Waals surface area contributed by atoms with Crippen LogP contribution in [0.2, 0.25) is 0 Å². The van der Waals surface area contributed by atoms with Crippen LogP contribution in [0.15, 0.2) is 0 Å². The summed E-state index contributed by atoms with van der Waals surface area (Å²) in [6.45, 7) is 7.16. The minimum atomic E-state index is 0.306. The van der Waals surface area contributed by atoms with Gasteiger partial charge in [-0.15, -0.1) is 0 Å². The third-order valence-corrected chi connectivity index (χ3v) is 1.86. The minimum Gasteiger partial charge on any atom is -0.308 e. The maximum atomic E-state index is 7.37. The molecule has 1 atom stereocenters. The molecule has 1 unspecified atom stereocenters. The van der Waals surface area contributed by atoms with Crippen molar-refractivity contribution in [3.05, 3.63) is 0 Å². The van der Waals surface area contributed by atoms with Gasteiger partial charge in [0.15, 0.2) is 0 Å². The Kier molecular flexibility index (Phi) is 4.28. The van der Waals surface area contributed by atoms with Crippen molar-refractivity contribution in [3.63, 3.8) is 0 Å². The van der Waals surface area contributed by atoms with Gasteiger partial charge in [0.05, 0.1) is 0 Å². The maximum Gasteiger partial charge on any atom is 0.0440 e. The summed E-state index contributed by atoms with van der Waals surface area (Å²) < 4.78 is 0. The highest BCUT2D eigenvalue weighted by Gasteiger charge is 2.08. The van der Waals surface area contributed by atoms with Crippen molar-refractivity contribution in [2.24, 2.45) is 0 Å². The third kappa shape index (κ3) is 2.97. The maximum absolute atomic E-state index is 7.37. The Balaban J connectivity index is 3.69. The molecule has 10 heavy (non-hydrogen) atoms. The van der Waals surface area contributed by atoms with Crippen LogP contribution in [-0.4, -0.2) is 30.2 Å². The molecule has 0 aliphatic carbocycles. The van der Waals surface area contributed by atoms with Crippen LogP contribution >= 0.6 is 0 Å². The van der Waals surface area contributed by atoms with Crippen LogP contribution in [0.25, 0.3) is 0 Å². The summed E-state index contributed by atoms with van der Waals surface area (Å²) in [5.41, 5.74) is 0.746. The van der Waals surface area contributed by atoms with Crippen LogP contribution in [0.1, 0.15) is 27.2 Å². The third-order valence-electron chi connectivity index (χ3n) is 1.86. The summed E-state index contributed by atoms with van der Waals surface area (Å²) in [5.74, 6) is 0. The fourth-order valence-electron chi connectivity index (χ4n) is 0.877. The summed E-state index contributed by atoms with van der Waals surface area (Å²) >= 11 is 0. The van der Waals surface area contributed by atoms with Gasteiger partial charge in [-0.2, -0.15) is 0 Å². The second-order valence-electron chi connectivity index (χ2n) is 2.84. The Bertz CT molecular complexity index is 110. The standard InChI is InChI=1S/C8H18N2/c1-5-6-10(4)8(3)7(2)9/h8-9H,5-6H2,1-4H3. The quantitative estimate of drug-likeness (QED) is 0.595. The SMILES string of the molecule is CCCN(C)C(C)C(C)=N. The van der Waals surface area contributed by atoms with Crippen molar-refractivity contribution in [1.82, 2.24) is 4.90 Å². The predicted octanol–water partition coefficient (Wildman–Crippen LogP) is 1.76. The highest BCUT2D eigenvalue weighted by Crippen LogP contribution is 1.97. The second-order valence-corrected chi connectivity index (χ2v) is 2.84.